The average molecular weight is 477 g/mol. The van der Waals surface area contributed by atoms with Crippen molar-refractivity contribution in [3.63, 3.8) is 0 Å². The number of morpholine rings is 1. The molecule has 2 amide bonds. The minimum Gasteiger partial charge on any atom is -0.379 e. The van der Waals surface area contributed by atoms with E-state index in [0.717, 1.165) is 47.6 Å². The van der Waals surface area contributed by atoms with Crippen LogP contribution in [0.1, 0.15) is 22.3 Å². The molecule has 2 aliphatic heterocycles. The van der Waals surface area contributed by atoms with Crippen molar-refractivity contribution in [3.05, 3.63) is 59.4 Å². The van der Waals surface area contributed by atoms with Crippen LogP contribution >= 0.6 is 0 Å². The summed E-state index contributed by atoms with van der Waals surface area (Å²) in [6.07, 6.45) is 1.87. The van der Waals surface area contributed by atoms with Gasteiger partial charge in [-0.2, -0.15) is 4.31 Å². The predicted molar refractivity (Wildman–Crippen MR) is 119 cm³/mol. The minimum atomic E-state index is -4.12. The number of hydrogen-bond acceptors (Lipinski definition) is 6. The topological polar surface area (TPSA) is 108 Å². The molecule has 0 aromatic heterocycles. The fourth-order valence-electron chi connectivity index (χ4n) is 3.96. The van der Waals surface area contributed by atoms with E-state index in [4.69, 9.17) is 4.74 Å². The van der Waals surface area contributed by atoms with Crippen molar-refractivity contribution >= 4 is 27.5 Å². The van der Waals surface area contributed by atoms with Crippen LogP contribution < -0.4 is 15.8 Å². The third-order valence-electron chi connectivity index (χ3n) is 5.64. The van der Waals surface area contributed by atoms with Gasteiger partial charge in [0.25, 0.3) is 11.8 Å². The number of hydrazine groups is 1. The number of carbonyl (C=O) groups excluding carboxylic acids is 2. The summed E-state index contributed by atoms with van der Waals surface area (Å²) >= 11 is 0. The number of rotatable bonds is 5. The highest BCUT2D eigenvalue weighted by Crippen LogP contribution is 2.26. The summed E-state index contributed by atoms with van der Waals surface area (Å²) in [6.45, 7) is 1.42. The highest BCUT2D eigenvalue weighted by molar-refractivity contribution is 7.89. The van der Waals surface area contributed by atoms with Gasteiger partial charge in [0.15, 0.2) is 0 Å². The van der Waals surface area contributed by atoms with Crippen molar-refractivity contribution in [3.8, 4) is 0 Å². The summed E-state index contributed by atoms with van der Waals surface area (Å²) in [5.74, 6) is -2.13. The Labute approximate surface area is 191 Å². The van der Waals surface area contributed by atoms with E-state index in [1.54, 1.807) is 0 Å². The number of nitrogens with zero attached hydrogens (tertiary/aromatic N) is 2. The van der Waals surface area contributed by atoms with E-state index >= 15 is 0 Å². The Bertz CT molecular complexity index is 1150. The van der Waals surface area contributed by atoms with Crippen LogP contribution in [0.15, 0.2) is 47.4 Å². The van der Waals surface area contributed by atoms with Gasteiger partial charge in [-0.15, -0.1) is 0 Å². The number of para-hydroxylation sites is 1. The molecule has 0 bridgehead atoms. The Morgan fingerprint density at radius 2 is 1.79 bits per heavy atom. The lowest BCUT2D eigenvalue weighted by Gasteiger charge is -2.30. The fourth-order valence-corrected chi connectivity index (χ4v) is 5.45. The third kappa shape index (κ3) is 5.15. The Kier molecular flexibility index (Phi) is 6.91. The minimum absolute atomic E-state index is 0.0529. The van der Waals surface area contributed by atoms with Gasteiger partial charge in [-0.1, -0.05) is 18.2 Å². The smallest absolute Gasteiger partial charge is 0.269 e. The second-order valence-electron chi connectivity index (χ2n) is 7.82. The van der Waals surface area contributed by atoms with Gasteiger partial charge in [0.05, 0.1) is 19.8 Å². The summed E-state index contributed by atoms with van der Waals surface area (Å²) in [5, 5.41) is 0. The van der Waals surface area contributed by atoms with Crippen LogP contribution in [-0.2, 0) is 26.0 Å². The molecular weight excluding hydrogens is 451 g/mol. The molecule has 0 spiro atoms. The van der Waals surface area contributed by atoms with Gasteiger partial charge in [0.2, 0.25) is 10.0 Å². The highest BCUT2D eigenvalue weighted by Gasteiger charge is 2.30. The average Bonchev–Trinajstić information content (AvgIpc) is 2.83. The number of aryl methyl sites for hydroxylation is 1. The van der Waals surface area contributed by atoms with Crippen LogP contribution in [0.25, 0.3) is 0 Å². The number of fused-ring (bicyclic) bond motifs is 1. The van der Waals surface area contributed by atoms with E-state index in [-0.39, 0.29) is 38.4 Å². The molecule has 0 unspecified atom stereocenters. The summed E-state index contributed by atoms with van der Waals surface area (Å²) in [6, 6.07) is 10.9. The maximum absolute atomic E-state index is 14.3. The first kappa shape index (κ1) is 23.1. The molecular formula is C22H25FN4O5S. The predicted octanol–water partition coefficient (Wildman–Crippen LogP) is 1.06. The molecule has 2 aromatic carbocycles. The molecule has 2 heterocycles. The first-order valence-electron chi connectivity index (χ1n) is 10.7. The van der Waals surface area contributed by atoms with Crippen molar-refractivity contribution in [1.29, 1.82) is 0 Å². The number of hydrogen-bond donors (Lipinski definition) is 2. The number of amides is 2. The first-order valence-corrected chi connectivity index (χ1v) is 12.1. The summed E-state index contributed by atoms with van der Waals surface area (Å²) < 4.78 is 46.2. The van der Waals surface area contributed by atoms with E-state index in [9.17, 15) is 22.4 Å². The van der Waals surface area contributed by atoms with Crippen molar-refractivity contribution in [2.24, 2.45) is 0 Å². The molecule has 2 N–H and O–H groups in total. The van der Waals surface area contributed by atoms with Gasteiger partial charge in [-0.3, -0.25) is 20.4 Å². The largest absolute Gasteiger partial charge is 0.379 e. The summed E-state index contributed by atoms with van der Waals surface area (Å²) in [5.41, 5.74) is 6.68. The van der Waals surface area contributed by atoms with Crippen LogP contribution in [0.3, 0.4) is 0 Å². The monoisotopic (exact) mass is 476 g/mol. The van der Waals surface area contributed by atoms with Crippen LogP contribution in [0.5, 0.6) is 0 Å². The van der Waals surface area contributed by atoms with E-state index in [1.165, 1.54) is 5.56 Å². The molecule has 176 valence electrons. The molecule has 11 heteroatoms. The van der Waals surface area contributed by atoms with Crippen molar-refractivity contribution in [2.45, 2.75) is 17.7 Å². The molecule has 9 nitrogen and oxygen atoms in total. The van der Waals surface area contributed by atoms with Crippen molar-refractivity contribution in [2.75, 3.05) is 44.3 Å². The first-order chi connectivity index (χ1) is 15.9. The number of ether oxygens (including phenoxy) is 1. The SMILES string of the molecule is O=C(CN1CCCc2ccccc21)NNC(=O)c1ccc(F)c(S(=O)(=O)N2CCOCC2)c1. The van der Waals surface area contributed by atoms with Crippen molar-refractivity contribution < 1.29 is 27.1 Å². The third-order valence-corrected chi connectivity index (χ3v) is 7.55. The van der Waals surface area contributed by atoms with Crippen LogP contribution in [-0.4, -0.2) is 63.9 Å². The lowest BCUT2D eigenvalue weighted by Crippen LogP contribution is -2.47. The number of benzene rings is 2. The highest BCUT2D eigenvalue weighted by atomic mass is 32.2. The Balaban J connectivity index is 1.40. The van der Waals surface area contributed by atoms with Gasteiger partial charge in [-0.25, -0.2) is 12.8 Å². The van der Waals surface area contributed by atoms with Crippen molar-refractivity contribution in [1.82, 2.24) is 15.2 Å². The van der Waals surface area contributed by atoms with Crippen LogP contribution in [0, 0.1) is 5.82 Å². The van der Waals surface area contributed by atoms with Gasteiger partial charge in [0, 0.05) is 30.9 Å². The molecule has 1 saturated heterocycles. The Morgan fingerprint density at radius 3 is 2.58 bits per heavy atom. The summed E-state index contributed by atoms with van der Waals surface area (Å²) in [4.78, 5) is 26.3. The fraction of sp³-hybridized carbons (Fsp3) is 0.364. The molecule has 0 atom stereocenters. The van der Waals surface area contributed by atoms with Gasteiger partial charge in [0.1, 0.15) is 10.7 Å². The molecule has 0 saturated carbocycles. The lowest BCUT2D eigenvalue weighted by molar-refractivity contribution is -0.120. The number of halogens is 1. The van der Waals surface area contributed by atoms with Gasteiger partial charge in [-0.05, 0) is 42.7 Å². The molecule has 2 aliphatic rings. The second kappa shape index (κ2) is 9.86. The number of carbonyl (C=O) groups is 2. The zero-order valence-electron chi connectivity index (χ0n) is 17.9. The molecule has 4 rings (SSSR count). The quantitative estimate of drug-likeness (QED) is 0.625. The molecule has 33 heavy (non-hydrogen) atoms. The number of nitrogens with one attached hydrogen (secondary N) is 2. The lowest BCUT2D eigenvalue weighted by atomic mass is 10.0. The van der Waals surface area contributed by atoms with E-state index < -0.39 is 32.6 Å². The van der Waals surface area contributed by atoms with E-state index in [2.05, 4.69) is 10.9 Å². The summed E-state index contributed by atoms with van der Waals surface area (Å²) in [7, 11) is -4.12. The van der Waals surface area contributed by atoms with Crippen LogP contribution in [0.2, 0.25) is 0 Å². The van der Waals surface area contributed by atoms with E-state index in [1.807, 2.05) is 29.2 Å². The maximum Gasteiger partial charge on any atom is 0.269 e. The molecule has 0 aliphatic carbocycles. The number of anilines is 1. The van der Waals surface area contributed by atoms with E-state index in [0.29, 0.717) is 0 Å². The maximum atomic E-state index is 14.3. The standard InChI is InChI=1S/C22H25FN4O5S/c23-18-8-7-17(14-20(18)33(30,31)27-10-12-32-13-11-27)22(29)25-24-21(28)15-26-9-3-5-16-4-1-2-6-19(16)26/h1-2,4,6-8,14H,3,5,9-13,15H2,(H,24,28)(H,25,29). The molecule has 0 radical (unpaired) electrons. The van der Waals surface area contributed by atoms with Gasteiger partial charge >= 0.3 is 0 Å². The van der Waals surface area contributed by atoms with Gasteiger partial charge < -0.3 is 9.64 Å². The Morgan fingerprint density at radius 1 is 1.03 bits per heavy atom. The number of sulfonamides is 1. The normalized spacial score (nSPS) is 16.7. The zero-order valence-corrected chi connectivity index (χ0v) is 18.7. The Hall–Kier alpha value is -3.02. The molecule has 1 fully saturated rings. The zero-order chi connectivity index (χ0) is 23.4. The molecule has 2 aromatic rings. The van der Waals surface area contributed by atoms with Crippen LogP contribution in [0.4, 0.5) is 10.1 Å². The second-order valence-corrected chi connectivity index (χ2v) is 9.72.